The molecule has 1 aromatic heterocycles. The quantitative estimate of drug-likeness (QED) is 0.743. The van der Waals surface area contributed by atoms with Crippen molar-refractivity contribution in [2.45, 2.75) is 63.8 Å². The first-order valence-corrected chi connectivity index (χ1v) is 11.4. The molecule has 2 aliphatic rings. The predicted octanol–water partition coefficient (Wildman–Crippen LogP) is 3.76. The Kier molecular flexibility index (Phi) is 5.60. The van der Waals surface area contributed by atoms with Crippen molar-refractivity contribution in [3.05, 3.63) is 24.3 Å². The first-order chi connectivity index (χ1) is 13.8. The number of benzene rings is 1. The maximum Gasteiger partial charge on any atom is 0.257 e. The number of aromatic nitrogens is 1. The third-order valence-electron chi connectivity index (χ3n) is 6.25. The molecule has 1 saturated carbocycles. The Labute approximate surface area is 175 Å². The van der Waals surface area contributed by atoms with E-state index in [2.05, 4.69) is 36.4 Å². The molecule has 6 nitrogen and oxygen atoms in total. The number of nitrogens with one attached hydrogen (secondary N) is 2. The third-order valence-corrected chi connectivity index (χ3v) is 7.08. The zero-order valence-corrected chi connectivity index (χ0v) is 18.1. The number of para-hydroxylation sites is 2. The van der Waals surface area contributed by atoms with Crippen LogP contribution in [0.2, 0.25) is 0 Å². The number of hydrogen-bond acceptors (Lipinski definition) is 5. The number of oxazole rings is 1. The highest BCUT2D eigenvalue weighted by molar-refractivity contribution is 7.99. The lowest BCUT2D eigenvalue weighted by Crippen LogP contribution is -2.57. The molecule has 2 fully saturated rings. The molecule has 4 unspecified atom stereocenters. The van der Waals surface area contributed by atoms with E-state index >= 15 is 0 Å². The molecule has 1 aromatic carbocycles. The predicted molar refractivity (Wildman–Crippen MR) is 113 cm³/mol. The summed E-state index contributed by atoms with van der Waals surface area (Å²) >= 11 is 1.31. The van der Waals surface area contributed by atoms with Gasteiger partial charge in [0.2, 0.25) is 11.8 Å². The van der Waals surface area contributed by atoms with Crippen LogP contribution in [0.25, 0.3) is 11.1 Å². The van der Waals surface area contributed by atoms with E-state index in [1.165, 1.54) is 11.8 Å². The van der Waals surface area contributed by atoms with Crippen molar-refractivity contribution in [2.24, 2.45) is 17.3 Å². The molecular weight excluding hydrogens is 386 g/mol. The second-order valence-electron chi connectivity index (χ2n) is 9.33. The smallest absolute Gasteiger partial charge is 0.257 e. The van der Waals surface area contributed by atoms with E-state index in [0.29, 0.717) is 23.5 Å². The highest BCUT2D eigenvalue weighted by Crippen LogP contribution is 2.44. The van der Waals surface area contributed by atoms with Gasteiger partial charge in [0.1, 0.15) is 5.52 Å². The molecule has 2 aromatic rings. The minimum Gasteiger partial charge on any atom is -0.431 e. The second-order valence-corrected chi connectivity index (χ2v) is 10.3. The van der Waals surface area contributed by atoms with Gasteiger partial charge in [-0.05, 0) is 48.6 Å². The van der Waals surface area contributed by atoms with E-state index in [0.717, 1.165) is 30.4 Å². The van der Waals surface area contributed by atoms with Crippen molar-refractivity contribution < 1.29 is 14.0 Å². The van der Waals surface area contributed by atoms with Gasteiger partial charge < -0.3 is 15.1 Å². The maximum atomic E-state index is 12.5. The number of rotatable bonds is 4. The fraction of sp³-hybridized carbons (Fsp3) is 0.591. The van der Waals surface area contributed by atoms with Gasteiger partial charge in [-0.25, -0.2) is 4.98 Å². The first kappa shape index (κ1) is 20.3. The van der Waals surface area contributed by atoms with Crippen LogP contribution < -0.4 is 10.6 Å². The normalized spacial score (nSPS) is 27.3. The zero-order chi connectivity index (χ0) is 20.6. The number of carbonyl (C=O) groups is 2. The molecule has 0 spiro atoms. The lowest BCUT2D eigenvalue weighted by molar-refractivity contribution is -0.130. The summed E-state index contributed by atoms with van der Waals surface area (Å²) in [5.74, 6) is 1.29. The van der Waals surface area contributed by atoms with E-state index < -0.39 is 0 Å². The largest absolute Gasteiger partial charge is 0.431 e. The van der Waals surface area contributed by atoms with Crippen molar-refractivity contribution in [1.82, 2.24) is 15.6 Å². The molecule has 1 saturated heterocycles. The first-order valence-electron chi connectivity index (χ1n) is 10.4. The summed E-state index contributed by atoms with van der Waals surface area (Å²) in [4.78, 5) is 29.1. The summed E-state index contributed by atoms with van der Waals surface area (Å²) in [7, 11) is 0. The lowest BCUT2D eigenvalue weighted by Gasteiger charge is -2.48. The van der Waals surface area contributed by atoms with Gasteiger partial charge in [-0.2, -0.15) is 0 Å². The molecule has 7 heteroatoms. The van der Waals surface area contributed by atoms with Crippen LogP contribution in [0.1, 0.15) is 46.5 Å². The molecule has 1 aliphatic carbocycles. The summed E-state index contributed by atoms with van der Waals surface area (Å²) in [6.07, 6.45) is 3.42. The van der Waals surface area contributed by atoms with Crippen molar-refractivity contribution in [3.8, 4) is 0 Å². The minimum absolute atomic E-state index is 0.0183. The summed E-state index contributed by atoms with van der Waals surface area (Å²) in [6, 6.07) is 7.84. The van der Waals surface area contributed by atoms with Crippen molar-refractivity contribution in [1.29, 1.82) is 0 Å². The Morgan fingerprint density at radius 1 is 1.31 bits per heavy atom. The summed E-state index contributed by atoms with van der Waals surface area (Å²) < 4.78 is 5.66. The van der Waals surface area contributed by atoms with Gasteiger partial charge in [0.25, 0.3) is 5.22 Å². The number of piperidine rings is 1. The third kappa shape index (κ3) is 4.60. The zero-order valence-electron chi connectivity index (χ0n) is 17.2. The van der Waals surface area contributed by atoms with E-state index in [9.17, 15) is 9.59 Å². The molecular formula is C22H29N3O3S. The minimum atomic E-state index is -0.0183. The average molecular weight is 416 g/mol. The Hall–Kier alpha value is -2.02. The van der Waals surface area contributed by atoms with Crippen molar-refractivity contribution in [2.75, 3.05) is 5.75 Å². The SMILES string of the molecule is CC(C)(C)C1CC(=O)NC2CC(NC(=O)CSc3nc4ccccc4o3)CCC21. The fourth-order valence-corrected chi connectivity index (χ4v) is 5.50. The van der Waals surface area contributed by atoms with E-state index in [4.69, 9.17) is 4.42 Å². The molecule has 4 rings (SSSR count). The number of carbonyl (C=O) groups excluding carboxylic acids is 2. The Morgan fingerprint density at radius 3 is 2.86 bits per heavy atom. The number of fused-ring (bicyclic) bond motifs is 2. The molecule has 0 radical (unpaired) electrons. The standard InChI is InChI=1S/C22H29N3O3S/c1-22(2,3)15-11-19(26)24-17-10-13(8-9-14(15)17)23-20(27)12-29-21-25-16-6-4-5-7-18(16)28-21/h4-7,13-15,17H,8-12H2,1-3H3,(H,23,27)(H,24,26). The highest BCUT2D eigenvalue weighted by atomic mass is 32.2. The van der Waals surface area contributed by atoms with Gasteiger partial charge in [0.15, 0.2) is 5.58 Å². The molecule has 156 valence electrons. The van der Waals surface area contributed by atoms with Crippen molar-refractivity contribution >= 4 is 34.7 Å². The molecule has 2 amide bonds. The van der Waals surface area contributed by atoms with Crippen LogP contribution in [0.4, 0.5) is 0 Å². The van der Waals surface area contributed by atoms with E-state index in [-0.39, 0.29) is 35.1 Å². The van der Waals surface area contributed by atoms with Crippen LogP contribution in [0, 0.1) is 17.3 Å². The van der Waals surface area contributed by atoms with Crippen LogP contribution in [0.15, 0.2) is 33.9 Å². The number of nitrogens with zero attached hydrogens (tertiary/aromatic N) is 1. The van der Waals surface area contributed by atoms with Crippen LogP contribution in [-0.4, -0.2) is 34.6 Å². The molecule has 2 N–H and O–H groups in total. The topological polar surface area (TPSA) is 84.2 Å². The van der Waals surface area contributed by atoms with Gasteiger partial charge in [-0.15, -0.1) is 0 Å². The van der Waals surface area contributed by atoms with Crippen molar-refractivity contribution in [3.63, 3.8) is 0 Å². The fourth-order valence-electron chi connectivity index (χ4n) is 4.85. The van der Waals surface area contributed by atoms with Gasteiger partial charge in [-0.1, -0.05) is 44.7 Å². The highest BCUT2D eigenvalue weighted by Gasteiger charge is 2.45. The maximum absolute atomic E-state index is 12.5. The number of amides is 2. The van der Waals surface area contributed by atoms with Gasteiger partial charge in [0.05, 0.1) is 5.75 Å². The van der Waals surface area contributed by atoms with E-state index in [1.54, 1.807) is 0 Å². The molecule has 29 heavy (non-hydrogen) atoms. The van der Waals surface area contributed by atoms with Crippen LogP contribution >= 0.6 is 11.8 Å². The summed E-state index contributed by atoms with van der Waals surface area (Å²) in [5, 5.41) is 6.83. The number of hydrogen-bond donors (Lipinski definition) is 2. The molecule has 2 heterocycles. The van der Waals surface area contributed by atoms with Gasteiger partial charge in [0, 0.05) is 18.5 Å². The Bertz CT molecular complexity index is 871. The number of thioether (sulfide) groups is 1. The van der Waals surface area contributed by atoms with Crippen LogP contribution in [0.3, 0.4) is 0 Å². The van der Waals surface area contributed by atoms with Crippen LogP contribution in [-0.2, 0) is 9.59 Å². The molecule has 1 aliphatic heterocycles. The average Bonchev–Trinajstić information content (AvgIpc) is 3.08. The second kappa shape index (κ2) is 8.01. The molecule has 0 bridgehead atoms. The monoisotopic (exact) mass is 415 g/mol. The van der Waals surface area contributed by atoms with Gasteiger partial charge >= 0.3 is 0 Å². The lowest BCUT2D eigenvalue weighted by atomic mass is 9.62. The Balaban J connectivity index is 1.31. The van der Waals surface area contributed by atoms with Gasteiger partial charge in [-0.3, -0.25) is 9.59 Å². The van der Waals surface area contributed by atoms with E-state index in [1.807, 2.05) is 24.3 Å². The Morgan fingerprint density at radius 2 is 2.10 bits per heavy atom. The summed E-state index contributed by atoms with van der Waals surface area (Å²) in [5.41, 5.74) is 1.65. The molecule has 4 atom stereocenters. The van der Waals surface area contributed by atoms with Crippen LogP contribution in [0.5, 0.6) is 0 Å². The summed E-state index contributed by atoms with van der Waals surface area (Å²) in [6.45, 7) is 6.68.